The Hall–Kier alpha value is -4.56. The van der Waals surface area contributed by atoms with Gasteiger partial charge in [0.05, 0.1) is 27.4 Å². The van der Waals surface area contributed by atoms with Gasteiger partial charge in [-0.15, -0.1) is 11.3 Å². The number of phenols is 1. The molecule has 2 aromatic heterocycles. The number of piperidine rings is 3. The maximum Gasteiger partial charge on any atom is 0.318 e. The summed E-state index contributed by atoms with van der Waals surface area (Å²) in [6, 6.07) is 18.2. The number of pyridine rings is 1. The lowest BCUT2D eigenvalue weighted by atomic mass is 9.58. The summed E-state index contributed by atoms with van der Waals surface area (Å²) in [5, 5.41) is 38.2. The highest BCUT2D eigenvalue weighted by Crippen LogP contribution is 2.50. The van der Waals surface area contributed by atoms with Crippen molar-refractivity contribution in [2.75, 3.05) is 45.8 Å². The molecule has 4 saturated heterocycles. The number of hydrogen-bond donors (Lipinski definition) is 6. The van der Waals surface area contributed by atoms with E-state index >= 15 is 0 Å². The fourth-order valence-corrected chi connectivity index (χ4v) is 9.25. The smallest absolute Gasteiger partial charge is 0.318 e. The van der Waals surface area contributed by atoms with Crippen LogP contribution in [0.15, 0.2) is 71.5 Å². The molecule has 0 aliphatic carbocycles. The summed E-state index contributed by atoms with van der Waals surface area (Å²) in [6.45, 7) is 4.22. The molecule has 2 aromatic carbocycles. The van der Waals surface area contributed by atoms with Gasteiger partial charge in [-0.25, -0.2) is 0 Å². The first-order valence-electron chi connectivity index (χ1n) is 17.6. The van der Waals surface area contributed by atoms with Crippen molar-refractivity contribution < 1.29 is 29.7 Å². The van der Waals surface area contributed by atoms with E-state index in [-0.39, 0.29) is 47.6 Å². The van der Waals surface area contributed by atoms with E-state index in [1.807, 2.05) is 30.3 Å². The first-order valence-corrected chi connectivity index (χ1v) is 18.4. The maximum absolute atomic E-state index is 14.0. The number of fused-ring (bicyclic) bond motifs is 4. The van der Waals surface area contributed by atoms with Gasteiger partial charge in [-0.3, -0.25) is 19.2 Å². The maximum atomic E-state index is 14.0. The SMILES string of the molecule is O=C(NCCCCNC[C@H](O)c1ccc(O)c2[nH]c(=O)ccc12)c1ccc(C(=O)N2CC(C(=O)O)(c3ccccc3)[C@H]2C2CN3CCC2CC3)s1. The fraction of sp³-hybridized carbons (Fsp3) is 0.421. The normalized spacial score (nSPS) is 24.6. The molecular weight excluding hydrogens is 671 g/mol. The number of rotatable bonds is 13. The zero-order chi connectivity index (χ0) is 35.7. The van der Waals surface area contributed by atoms with Crippen LogP contribution in [0, 0.1) is 11.8 Å². The standard InChI is InChI=1S/C38H43N5O7S/c44-28-10-8-25(26-9-13-32(46)41-33(26)28)29(45)20-39-16-4-5-17-40-35(47)30-11-12-31(51-30)36(48)43-22-38(37(49)50,24-6-2-1-3-7-24)34(43)27-21-42-18-14-23(27)15-19-42/h1-3,6-13,23,27,29,34,39,44-45H,4-5,14-22H2,(H,40,47)(H,41,46)(H,49,50)/t27?,29-,34+,38?/m0/s1. The summed E-state index contributed by atoms with van der Waals surface area (Å²) in [4.78, 5) is 59.3. The second-order valence-corrected chi connectivity index (χ2v) is 15.0. The van der Waals surface area contributed by atoms with Gasteiger partial charge in [0.25, 0.3) is 11.8 Å². The Balaban J connectivity index is 0.920. The van der Waals surface area contributed by atoms with Crippen molar-refractivity contribution in [1.82, 2.24) is 25.4 Å². The summed E-state index contributed by atoms with van der Waals surface area (Å²) in [5.41, 5.74) is 0.0924. The predicted molar refractivity (Wildman–Crippen MR) is 193 cm³/mol. The number of aromatic nitrogens is 1. The van der Waals surface area contributed by atoms with Gasteiger partial charge in [-0.05, 0) is 92.5 Å². The Kier molecular flexibility index (Phi) is 9.97. The minimum Gasteiger partial charge on any atom is -0.506 e. The Bertz CT molecular complexity index is 1970. The third-order valence-corrected chi connectivity index (χ3v) is 12.1. The van der Waals surface area contributed by atoms with Gasteiger partial charge in [-0.1, -0.05) is 36.4 Å². The zero-order valence-corrected chi connectivity index (χ0v) is 29.0. The van der Waals surface area contributed by atoms with Crippen molar-refractivity contribution >= 4 is 40.0 Å². The van der Waals surface area contributed by atoms with Crippen molar-refractivity contribution in [3.8, 4) is 5.75 Å². The number of carboxylic acid groups (broad SMARTS) is 1. The van der Waals surface area contributed by atoms with E-state index in [1.165, 1.54) is 12.1 Å². The number of nitrogens with zero attached hydrogens (tertiary/aromatic N) is 2. The van der Waals surface area contributed by atoms with E-state index in [4.69, 9.17) is 0 Å². The number of phenolic OH excluding ortho intramolecular Hbond substituents is 1. The molecule has 268 valence electrons. The Morgan fingerprint density at radius 3 is 2.43 bits per heavy atom. The highest BCUT2D eigenvalue weighted by atomic mass is 32.1. The summed E-state index contributed by atoms with van der Waals surface area (Å²) < 4.78 is 0. The van der Waals surface area contributed by atoms with Gasteiger partial charge in [0.15, 0.2) is 0 Å². The lowest BCUT2D eigenvalue weighted by Gasteiger charge is -2.61. The Morgan fingerprint density at radius 2 is 1.71 bits per heavy atom. The molecular formula is C38H43N5O7S. The summed E-state index contributed by atoms with van der Waals surface area (Å²) in [5.74, 6) is -1.02. The van der Waals surface area contributed by atoms with Gasteiger partial charge < -0.3 is 40.7 Å². The van der Waals surface area contributed by atoms with E-state index in [9.17, 15) is 34.5 Å². The molecule has 13 heteroatoms. The van der Waals surface area contributed by atoms with E-state index in [1.54, 1.807) is 29.2 Å². The first kappa shape index (κ1) is 34.9. The highest BCUT2D eigenvalue weighted by Gasteiger charge is 2.65. The van der Waals surface area contributed by atoms with Crippen LogP contribution in [0.1, 0.15) is 62.3 Å². The predicted octanol–water partition coefficient (Wildman–Crippen LogP) is 3.32. The molecule has 0 saturated carbocycles. The second kappa shape index (κ2) is 14.6. The monoisotopic (exact) mass is 713 g/mol. The number of benzene rings is 2. The van der Waals surface area contributed by atoms with Gasteiger partial charge >= 0.3 is 5.97 Å². The summed E-state index contributed by atoms with van der Waals surface area (Å²) in [7, 11) is 0. The van der Waals surface area contributed by atoms with E-state index < -0.39 is 23.5 Å². The van der Waals surface area contributed by atoms with Crippen LogP contribution in [0.4, 0.5) is 0 Å². The number of aliphatic hydroxyl groups excluding tert-OH is 1. The van der Waals surface area contributed by atoms with Gasteiger partial charge in [-0.2, -0.15) is 0 Å². The molecule has 2 amide bonds. The third kappa shape index (κ3) is 6.66. The van der Waals surface area contributed by atoms with Gasteiger partial charge in [0, 0.05) is 37.6 Å². The van der Waals surface area contributed by atoms with Crippen molar-refractivity contribution in [3.63, 3.8) is 0 Å². The average Bonchev–Trinajstić information content (AvgIpc) is 3.63. The van der Waals surface area contributed by atoms with Crippen molar-refractivity contribution in [2.45, 2.75) is 43.2 Å². The molecule has 0 spiro atoms. The quantitative estimate of drug-likeness (QED) is 0.114. The van der Waals surface area contributed by atoms with Crippen LogP contribution in [-0.2, 0) is 10.2 Å². The number of carbonyl (C=O) groups is 3. The van der Waals surface area contributed by atoms with Crippen molar-refractivity contribution in [1.29, 1.82) is 0 Å². The lowest BCUT2D eigenvalue weighted by Crippen LogP contribution is -2.76. The number of aliphatic hydroxyl groups is 1. The fourth-order valence-electron chi connectivity index (χ4n) is 8.37. The zero-order valence-electron chi connectivity index (χ0n) is 28.2. The molecule has 4 aliphatic rings. The third-order valence-electron chi connectivity index (χ3n) is 11.0. The molecule has 6 heterocycles. The summed E-state index contributed by atoms with van der Waals surface area (Å²) in [6.07, 6.45) is 2.61. The number of nitrogens with one attached hydrogen (secondary N) is 3. The van der Waals surface area contributed by atoms with Gasteiger partial charge in [0.1, 0.15) is 11.2 Å². The minimum absolute atomic E-state index is 0.0569. The van der Waals surface area contributed by atoms with Crippen LogP contribution in [0.3, 0.4) is 0 Å². The number of thiophene rings is 1. The number of aromatic hydroxyl groups is 1. The van der Waals surface area contributed by atoms with E-state index in [0.717, 1.165) is 55.8 Å². The van der Waals surface area contributed by atoms with Crippen molar-refractivity contribution in [2.24, 2.45) is 11.8 Å². The molecule has 4 atom stereocenters. The van der Waals surface area contributed by atoms with Crippen LogP contribution in [0.5, 0.6) is 5.75 Å². The van der Waals surface area contributed by atoms with Gasteiger partial charge in [0.2, 0.25) is 5.56 Å². The molecule has 12 nitrogen and oxygen atoms in total. The number of hydrogen-bond acceptors (Lipinski definition) is 9. The van der Waals surface area contributed by atoms with Crippen LogP contribution in [0.25, 0.3) is 10.9 Å². The van der Waals surface area contributed by atoms with Crippen LogP contribution in [-0.4, -0.2) is 99.7 Å². The number of aromatic amines is 1. The molecule has 8 rings (SSSR count). The number of aliphatic carboxylic acids is 1. The number of likely N-dealkylation sites (tertiary alicyclic amines) is 1. The molecule has 4 fully saturated rings. The highest BCUT2D eigenvalue weighted by molar-refractivity contribution is 7.15. The Morgan fingerprint density at radius 1 is 0.961 bits per heavy atom. The van der Waals surface area contributed by atoms with Crippen LogP contribution in [0.2, 0.25) is 0 Å². The molecule has 0 radical (unpaired) electrons. The first-order chi connectivity index (χ1) is 24.7. The molecule has 2 unspecified atom stereocenters. The van der Waals surface area contributed by atoms with E-state index in [2.05, 4.69) is 20.5 Å². The minimum atomic E-state index is -1.17. The van der Waals surface area contributed by atoms with Crippen LogP contribution >= 0.6 is 11.3 Å². The van der Waals surface area contributed by atoms with Crippen molar-refractivity contribution in [3.05, 3.63) is 98.0 Å². The second-order valence-electron chi connectivity index (χ2n) is 14.0. The van der Waals surface area contributed by atoms with Crippen LogP contribution < -0.4 is 16.2 Å². The van der Waals surface area contributed by atoms with E-state index in [0.29, 0.717) is 46.1 Å². The number of unbranched alkanes of at least 4 members (excludes halogenated alkanes) is 1. The lowest BCUT2D eigenvalue weighted by molar-refractivity contribution is -0.162. The number of amides is 2. The molecule has 2 bridgehead atoms. The molecule has 6 N–H and O–H groups in total. The largest absolute Gasteiger partial charge is 0.506 e. The number of carbonyl (C=O) groups excluding carboxylic acids is 2. The number of H-pyrrole nitrogens is 1. The topological polar surface area (TPSA) is 175 Å². The number of carboxylic acids is 1. The summed E-state index contributed by atoms with van der Waals surface area (Å²) >= 11 is 1.13. The Labute approximate surface area is 299 Å². The molecule has 4 aromatic rings. The molecule has 51 heavy (non-hydrogen) atoms. The molecule has 4 aliphatic heterocycles. The average molecular weight is 714 g/mol.